The molecule has 0 bridgehead atoms. The van der Waals surface area contributed by atoms with Gasteiger partial charge in [0.25, 0.3) is 5.91 Å². The van der Waals surface area contributed by atoms with Crippen LogP contribution in [0.1, 0.15) is 36.0 Å². The number of aliphatic carboxylic acids is 1. The van der Waals surface area contributed by atoms with E-state index in [0.717, 1.165) is 25.7 Å². The van der Waals surface area contributed by atoms with E-state index in [4.69, 9.17) is 14.6 Å². The van der Waals surface area contributed by atoms with Crippen molar-refractivity contribution in [3.8, 4) is 5.75 Å². The van der Waals surface area contributed by atoms with Crippen LogP contribution in [0.3, 0.4) is 0 Å². The van der Waals surface area contributed by atoms with Gasteiger partial charge < -0.3 is 19.5 Å². The summed E-state index contributed by atoms with van der Waals surface area (Å²) in [6.07, 6.45) is 3.12. The molecule has 1 spiro atoms. The Balaban J connectivity index is 1.54. The fourth-order valence-corrected chi connectivity index (χ4v) is 3.70. The fraction of sp³-hybridized carbons (Fsp3) is 0.579. The van der Waals surface area contributed by atoms with Gasteiger partial charge in [-0.15, -0.1) is 0 Å². The lowest BCUT2D eigenvalue weighted by molar-refractivity contribution is -0.139. The summed E-state index contributed by atoms with van der Waals surface area (Å²) in [6, 6.07) is 7.24. The molecule has 1 amide bonds. The van der Waals surface area contributed by atoms with Gasteiger partial charge in [-0.2, -0.15) is 0 Å². The van der Waals surface area contributed by atoms with E-state index in [2.05, 4.69) is 0 Å². The molecule has 2 fully saturated rings. The highest BCUT2D eigenvalue weighted by molar-refractivity contribution is 5.94. The lowest BCUT2D eigenvalue weighted by Crippen LogP contribution is -2.40. The molecule has 1 heterocycles. The number of ether oxygens (including phenoxy) is 2. The van der Waals surface area contributed by atoms with E-state index in [1.54, 1.807) is 19.2 Å². The number of carbonyl (C=O) groups excluding carboxylic acids is 1. The van der Waals surface area contributed by atoms with E-state index < -0.39 is 5.97 Å². The van der Waals surface area contributed by atoms with Crippen LogP contribution in [-0.4, -0.2) is 55.3 Å². The predicted octanol–water partition coefficient (Wildman–Crippen LogP) is 2.43. The Morgan fingerprint density at radius 2 is 2.04 bits per heavy atom. The zero-order valence-electron chi connectivity index (χ0n) is 14.6. The van der Waals surface area contributed by atoms with E-state index in [9.17, 15) is 9.59 Å². The molecule has 136 valence electrons. The highest BCUT2D eigenvalue weighted by atomic mass is 16.5. The third kappa shape index (κ3) is 3.95. The van der Waals surface area contributed by atoms with Crippen LogP contribution >= 0.6 is 0 Å². The molecule has 1 aromatic carbocycles. The van der Waals surface area contributed by atoms with Crippen LogP contribution in [0.5, 0.6) is 5.75 Å². The van der Waals surface area contributed by atoms with E-state index >= 15 is 0 Å². The number of amides is 1. The molecule has 1 saturated carbocycles. The minimum atomic E-state index is -0.696. The first-order valence-electron chi connectivity index (χ1n) is 8.80. The van der Waals surface area contributed by atoms with Gasteiger partial charge in [0.15, 0.2) is 0 Å². The van der Waals surface area contributed by atoms with E-state index in [1.807, 2.05) is 17.0 Å². The molecule has 1 aliphatic carbocycles. The van der Waals surface area contributed by atoms with Crippen molar-refractivity contribution in [3.05, 3.63) is 29.8 Å². The van der Waals surface area contributed by atoms with E-state index in [1.165, 1.54) is 0 Å². The van der Waals surface area contributed by atoms with Crippen molar-refractivity contribution >= 4 is 11.9 Å². The first-order chi connectivity index (χ1) is 12.1. The van der Waals surface area contributed by atoms with Crippen LogP contribution in [0, 0.1) is 11.3 Å². The molecule has 2 aliphatic rings. The van der Waals surface area contributed by atoms with Crippen molar-refractivity contribution in [1.29, 1.82) is 0 Å². The summed E-state index contributed by atoms with van der Waals surface area (Å²) in [5, 5.41) is 9.16. The van der Waals surface area contributed by atoms with Gasteiger partial charge in [0, 0.05) is 38.8 Å². The molecule has 0 aromatic heterocycles. The zero-order chi connectivity index (χ0) is 17.9. The second kappa shape index (κ2) is 7.44. The number of hydrogen-bond acceptors (Lipinski definition) is 4. The standard InChI is InChI=1S/C19H25NO5/c1-24-10-3-11-25-15-5-2-4-14(12-15)17(21)20-8-6-19(7-9-20)13-16(19)18(22)23/h2,4-5,12,16H,3,6-11,13H2,1H3,(H,22,23). The SMILES string of the molecule is COCCCOc1cccc(C(=O)N2CCC3(CC2)CC3C(=O)O)c1. The molecule has 0 radical (unpaired) electrons. The van der Waals surface area contributed by atoms with Gasteiger partial charge in [0.2, 0.25) is 0 Å². The summed E-state index contributed by atoms with van der Waals surface area (Å²) in [6.45, 7) is 2.45. The van der Waals surface area contributed by atoms with Gasteiger partial charge in [-0.05, 0) is 42.9 Å². The van der Waals surface area contributed by atoms with Gasteiger partial charge in [0.05, 0.1) is 12.5 Å². The number of nitrogens with zero attached hydrogens (tertiary/aromatic N) is 1. The van der Waals surface area contributed by atoms with Gasteiger partial charge in [-0.25, -0.2) is 0 Å². The zero-order valence-corrected chi connectivity index (χ0v) is 14.6. The minimum absolute atomic E-state index is 0.00952. The van der Waals surface area contributed by atoms with Crippen molar-refractivity contribution in [2.24, 2.45) is 11.3 Å². The molecule has 1 unspecified atom stereocenters. The first-order valence-corrected chi connectivity index (χ1v) is 8.80. The molecule has 1 N–H and O–H groups in total. The summed E-state index contributed by atoms with van der Waals surface area (Å²) in [4.78, 5) is 25.7. The van der Waals surface area contributed by atoms with Crippen LogP contribution in [0.2, 0.25) is 0 Å². The van der Waals surface area contributed by atoms with Gasteiger partial charge in [0.1, 0.15) is 5.75 Å². The van der Waals surface area contributed by atoms with Crippen LogP contribution in [0.15, 0.2) is 24.3 Å². The minimum Gasteiger partial charge on any atom is -0.493 e. The quantitative estimate of drug-likeness (QED) is 0.767. The van der Waals surface area contributed by atoms with Crippen molar-refractivity contribution < 1.29 is 24.2 Å². The molecule has 1 aromatic rings. The van der Waals surface area contributed by atoms with Crippen molar-refractivity contribution in [3.63, 3.8) is 0 Å². The number of piperidine rings is 1. The number of rotatable bonds is 7. The Morgan fingerprint density at radius 3 is 2.68 bits per heavy atom. The molecule has 6 heteroatoms. The Morgan fingerprint density at radius 1 is 1.28 bits per heavy atom. The second-order valence-corrected chi connectivity index (χ2v) is 6.97. The van der Waals surface area contributed by atoms with Crippen molar-refractivity contribution in [1.82, 2.24) is 4.90 Å². The smallest absolute Gasteiger partial charge is 0.307 e. The number of benzene rings is 1. The van der Waals surface area contributed by atoms with Crippen molar-refractivity contribution in [2.75, 3.05) is 33.4 Å². The summed E-state index contributed by atoms with van der Waals surface area (Å²) in [7, 11) is 1.66. The monoisotopic (exact) mass is 347 g/mol. The topological polar surface area (TPSA) is 76.1 Å². The maximum absolute atomic E-state index is 12.7. The Labute approximate surface area is 147 Å². The summed E-state index contributed by atoms with van der Waals surface area (Å²) < 4.78 is 10.6. The summed E-state index contributed by atoms with van der Waals surface area (Å²) in [5.74, 6) is -0.236. The van der Waals surface area contributed by atoms with Gasteiger partial charge >= 0.3 is 5.97 Å². The number of carboxylic acid groups (broad SMARTS) is 1. The van der Waals surface area contributed by atoms with Crippen LogP contribution in [-0.2, 0) is 9.53 Å². The Bertz CT molecular complexity index is 636. The first kappa shape index (κ1) is 17.7. The lowest BCUT2D eigenvalue weighted by atomic mass is 9.90. The number of likely N-dealkylation sites (tertiary alicyclic amines) is 1. The molecule has 1 aliphatic heterocycles. The van der Waals surface area contributed by atoms with Crippen LogP contribution < -0.4 is 4.74 Å². The third-order valence-corrected chi connectivity index (χ3v) is 5.38. The summed E-state index contributed by atoms with van der Waals surface area (Å²) in [5.41, 5.74) is 0.556. The van der Waals surface area contributed by atoms with Crippen LogP contribution in [0.25, 0.3) is 0 Å². The van der Waals surface area contributed by atoms with Gasteiger partial charge in [-0.1, -0.05) is 6.07 Å². The molecular formula is C19H25NO5. The molecule has 1 atom stereocenters. The normalized spacial score (nSPS) is 21.2. The largest absolute Gasteiger partial charge is 0.493 e. The number of hydrogen-bond donors (Lipinski definition) is 1. The van der Waals surface area contributed by atoms with E-state index in [0.29, 0.717) is 37.6 Å². The second-order valence-electron chi connectivity index (χ2n) is 6.97. The Hall–Kier alpha value is -2.08. The maximum atomic E-state index is 12.7. The molecule has 25 heavy (non-hydrogen) atoms. The van der Waals surface area contributed by atoms with Crippen molar-refractivity contribution in [2.45, 2.75) is 25.7 Å². The fourth-order valence-electron chi connectivity index (χ4n) is 3.70. The molecular weight excluding hydrogens is 322 g/mol. The Kier molecular flexibility index (Phi) is 5.27. The number of methoxy groups -OCH3 is 1. The third-order valence-electron chi connectivity index (χ3n) is 5.38. The molecule has 6 nitrogen and oxygen atoms in total. The number of carboxylic acids is 1. The maximum Gasteiger partial charge on any atom is 0.307 e. The average Bonchev–Trinajstić information content (AvgIpc) is 3.33. The summed E-state index contributed by atoms with van der Waals surface area (Å²) >= 11 is 0. The lowest BCUT2D eigenvalue weighted by Gasteiger charge is -2.32. The molecule has 3 rings (SSSR count). The average molecular weight is 347 g/mol. The highest BCUT2D eigenvalue weighted by Crippen LogP contribution is 2.59. The van der Waals surface area contributed by atoms with Gasteiger partial charge in [-0.3, -0.25) is 9.59 Å². The molecule has 1 saturated heterocycles. The highest BCUT2D eigenvalue weighted by Gasteiger charge is 2.59. The van der Waals surface area contributed by atoms with Crippen LogP contribution in [0.4, 0.5) is 0 Å². The predicted molar refractivity (Wildman–Crippen MR) is 91.7 cm³/mol. The van der Waals surface area contributed by atoms with E-state index in [-0.39, 0.29) is 17.2 Å². The number of carbonyl (C=O) groups is 2.